The topological polar surface area (TPSA) is 65.5 Å². The molecule has 3 heterocycles. The van der Waals surface area contributed by atoms with Gasteiger partial charge in [-0.3, -0.25) is 9.59 Å². The van der Waals surface area contributed by atoms with Gasteiger partial charge in [0.1, 0.15) is 5.82 Å². The molecule has 29 heavy (non-hydrogen) atoms. The van der Waals surface area contributed by atoms with Gasteiger partial charge >= 0.3 is 0 Å². The predicted octanol–water partition coefficient (Wildman–Crippen LogP) is 2.97. The van der Waals surface area contributed by atoms with Gasteiger partial charge in [0, 0.05) is 44.5 Å². The lowest BCUT2D eigenvalue weighted by atomic mass is 10.1. The highest BCUT2D eigenvalue weighted by Gasteiger charge is 2.35. The van der Waals surface area contributed by atoms with Crippen LogP contribution in [0.1, 0.15) is 36.0 Å². The average Bonchev–Trinajstić information content (AvgIpc) is 3.39. The molecule has 152 valence electrons. The van der Waals surface area contributed by atoms with Crippen molar-refractivity contribution in [3.05, 3.63) is 53.2 Å². The number of hydrogen-bond donors (Lipinski definition) is 1. The van der Waals surface area contributed by atoms with Crippen molar-refractivity contribution in [1.82, 2.24) is 10.3 Å². The molecule has 1 aromatic carbocycles. The van der Waals surface area contributed by atoms with E-state index in [1.807, 2.05) is 50.4 Å². The maximum atomic E-state index is 12.7. The largest absolute Gasteiger partial charge is 0.357 e. The molecule has 6 heteroatoms. The summed E-state index contributed by atoms with van der Waals surface area (Å²) in [7, 11) is 0. The molecule has 4 rings (SSSR count). The fourth-order valence-electron chi connectivity index (χ4n) is 4.13. The van der Waals surface area contributed by atoms with Gasteiger partial charge in [0.2, 0.25) is 11.8 Å². The SMILES string of the molecule is Cc1cccc(N2CC(C(=O)NCc3ccc(N4CCCC4)nc3)CC2=O)c1C. The molecule has 2 aliphatic rings. The van der Waals surface area contributed by atoms with E-state index in [2.05, 4.69) is 15.2 Å². The number of nitrogens with zero attached hydrogens (tertiary/aromatic N) is 3. The molecule has 0 saturated carbocycles. The first-order valence-electron chi connectivity index (χ1n) is 10.4. The highest BCUT2D eigenvalue weighted by atomic mass is 16.2. The Morgan fingerprint density at radius 3 is 2.69 bits per heavy atom. The summed E-state index contributed by atoms with van der Waals surface area (Å²) in [5.74, 6) is 0.618. The minimum absolute atomic E-state index is 0.00971. The van der Waals surface area contributed by atoms with Crippen LogP contribution >= 0.6 is 0 Å². The van der Waals surface area contributed by atoms with Crippen molar-refractivity contribution in [3.63, 3.8) is 0 Å². The number of nitrogens with one attached hydrogen (secondary N) is 1. The third-order valence-corrected chi connectivity index (χ3v) is 6.07. The standard InChI is InChI=1S/C23H28N4O2/c1-16-6-5-7-20(17(16)2)27-15-19(12-22(27)28)23(29)25-14-18-8-9-21(24-13-18)26-10-3-4-11-26/h5-9,13,19H,3-4,10-12,14-15H2,1-2H3,(H,25,29). The average molecular weight is 393 g/mol. The lowest BCUT2D eigenvalue weighted by Gasteiger charge is -2.20. The van der Waals surface area contributed by atoms with E-state index in [0.29, 0.717) is 13.1 Å². The first-order chi connectivity index (χ1) is 14.0. The number of carbonyl (C=O) groups excluding carboxylic acids is 2. The van der Waals surface area contributed by atoms with Crippen LogP contribution in [-0.2, 0) is 16.1 Å². The number of carbonyl (C=O) groups is 2. The number of aromatic nitrogens is 1. The van der Waals surface area contributed by atoms with E-state index in [1.165, 1.54) is 12.8 Å². The third kappa shape index (κ3) is 4.11. The molecule has 2 aromatic rings. The summed E-state index contributed by atoms with van der Waals surface area (Å²) < 4.78 is 0. The van der Waals surface area contributed by atoms with E-state index >= 15 is 0 Å². The molecule has 2 fully saturated rings. The summed E-state index contributed by atoms with van der Waals surface area (Å²) in [5.41, 5.74) is 4.11. The zero-order valence-electron chi connectivity index (χ0n) is 17.1. The number of pyridine rings is 1. The third-order valence-electron chi connectivity index (χ3n) is 6.07. The lowest BCUT2D eigenvalue weighted by molar-refractivity contribution is -0.126. The van der Waals surface area contributed by atoms with Crippen LogP contribution in [0, 0.1) is 19.8 Å². The van der Waals surface area contributed by atoms with Crippen LogP contribution in [0.5, 0.6) is 0 Å². The van der Waals surface area contributed by atoms with E-state index in [1.54, 1.807) is 4.90 Å². The second-order valence-electron chi connectivity index (χ2n) is 8.06. The lowest BCUT2D eigenvalue weighted by Crippen LogP contribution is -2.32. The van der Waals surface area contributed by atoms with E-state index in [9.17, 15) is 9.59 Å². The van der Waals surface area contributed by atoms with Crippen molar-refractivity contribution in [3.8, 4) is 0 Å². The molecule has 2 saturated heterocycles. The quantitative estimate of drug-likeness (QED) is 0.850. The maximum Gasteiger partial charge on any atom is 0.227 e. The van der Waals surface area contributed by atoms with Gasteiger partial charge in [0.15, 0.2) is 0 Å². The predicted molar refractivity (Wildman–Crippen MR) is 114 cm³/mol. The Morgan fingerprint density at radius 2 is 1.97 bits per heavy atom. The second kappa shape index (κ2) is 8.23. The van der Waals surface area contributed by atoms with Crippen molar-refractivity contribution >= 4 is 23.3 Å². The Morgan fingerprint density at radius 1 is 1.17 bits per heavy atom. The number of hydrogen-bond acceptors (Lipinski definition) is 4. The molecule has 6 nitrogen and oxygen atoms in total. The molecule has 1 N–H and O–H groups in total. The number of aryl methyl sites for hydroxylation is 1. The highest BCUT2D eigenvalue weighted by Crippen LogP contribution is 2.29. The first-order valence-corrected chi connectivity index (χ1v) is 10.4. The Kier molecular flexibility index (Phi) is 5.51. The van der Waals surface area contributed by atoms with E-state index in [4.69, 9.17) is 0 Å². The van der Waals surface area contributed by atoms with Crippen LogP contribution in [0.2, 0.25) is 0 Å². The van der Waals surface area contributed by atoms with Gasteiger partial charge in [-0.1, -0.05) is 18.2 Å². The summed E-state index contributed by atoms with van der Waals surface area (Å²) >= 11 is 0. The zero-order valence-corrected chi connectivity index (χ0v) is 17.1. The number of benzene rings is 1. The van der Waals surface area contributed by atoms with Gasteiger partial charge in [-0.2, -0.15) is 0 Å². The van der Waals surface area contributed by atoms with Gasteiger partial charge < -0.3 is 15.1 Å². The normalized spacial score (nSPS) is 19.1. The van der Waals surface area contributed by atoms with Crippen LogP contribution in [0.25, 0.3) is 0 Å². The monoisotopic (exact) mass is 392 g/mol. The summed E-state index contributed by atoms with van der Waals surface area (Å²) in [4.78, 5) is 33.7. The van der Waals surface area contributed by atoms with E-state index in [-0.39, 0.29) is 24.2 Å². The van der Waals surface area contributed by atoms with Gasteiger partial charge in [-0.15, -0.1) is 0 Å². The van der Waals surface area contributed by atoms with Crippen LogP contribution < -0.4 is 15.1 Å². The Hall–Kier alpha value is -2.89. The Bertz CT molecular complexity index is 904. The minimum atomic E-state index is -0.320. The molecule has 0 spiro atoms. The van der Waals surface area contributed by atoms with Crippen molar-refractivity contribution in [2.24, 2.45) is 5.92 Å². The van der Waals surface area contributed by atoms with Crippen LogP contribution in [0.15, 0.2) is 36.5 Å². The molecular weight excluding hydrogens is 364 g/mol. The van der Waals surface area contributed by atoms with Crippen molar-refractivity contribution in [1.29, 1.82) is 0 Å². The summed E-state index contributed by atoms with van der Waals surface area (Å²) in [6.07, 6.45) is 4.53. The summed E-state index contributed by atoms with van der Waals surface area (Å²) in [5, 5.41) is 2.98. The summed E-state index contributed by atoms with van der Waals surface area (Å²) in [6, 6.07) is 9.98. The second-order valence-corrected chi connectivity index (χ2v) is 8.06. The first kappa shape index (κ1) is 19.4. The van der Waals surface area contributed by atoms with Crippen molar-refractivity contribution < 1.29 is 9.59 Å². The van der Waals surface area contributed by atoms with Gasteiger partial charge in [-0.05, 0) is 55.5 Å². The summed E-state index contributed by atoms with van der Waals surface area (Å²) in [6.45, 7) is 7.05. The van der Waals surface area contributed by atoms with Gasteiger partial charge in [-0.25, -0.2) is 4.98 Å². The fourth-order valence-corrected chi connectivity index (χ4v) is 4.13. The minimum Gasteiger partial charge on any atom is -0.357 e. The fraction of sp³-hybridized carbons (Fsp3) is 0.435. The highest BCUT2D eigenvalue weighted by molar-refractivity contribution is 6.00. The maximum absolute atomic E-state index is 12.7. The number of anilines is 2. The smallest absolute Gasteiger partial charge is 0.227 e. The van der Waals surface area contributed by atoms with Gasteiger partial charge in [0.05, 0.1) is 5.92 Å². The van der Waals surface area contributed by atoms with Crippen LogP contribution in [0.4, 0.5) is 11.5 Å². The Balaban J connectivity index is 1.34. The van der Waals surface area contributed by atoms with E-state index < -0.39 is 0 Å². The number of rotatable bonds is 5. The van der Waals surface area contributed by atoms with Crippen molar-refractivity contribution in [2.75, 3.05) is 29.4 Å². The Labute approximate surface area is 171 Å². The van der Waals surface area contributed by atoms with Crippen LogP contribution in [-0.4, -0.2) is 36.4 Å². The number of amides is 2. The molecule has 1 aromatic heterocycles. The zero-order chi connectivity index (χ0) is 20.4. The van der Waals surface area contributed by atoms with Crippen LogP contribution in [0.3, 0.4) is 0 Å². The molecule has 0 bridgehead atoms. The molecule has 2 aliphatic heterocycles. The molecule has 0 aliphatic carbocycles. The van der Waals surface area contributed by atoms with E-state index in [0.717, 1.165) is 41.3 Å². The van der Waals surface area contributed by atoms with Crippen molar-refractivity contribution in [2.45, 2.75) is 39.7 Å². The molecule has 1 unspecified atom stereocenters. The molecule has 0 radical (unpaired) electrons. The molecule has 1 atom stereocenters. The molecule has 2 amide bonds. The molecular formula is C23H28N4O2. The van der Waals surface area contributed by atoms with Gasteiger partial charge in [0.25, 0.3) is 0 Å².